The molecule has 10 nitrogen and oxygen atoms in total. The molecule has 1 unspecified atom stereocenters. The first-order chi connectivity index (χ1) is 17.1. The van der Waals surface area contributed by atoms with Crippen LogP contribution in [0.4, 0.5) is 5.69 Å². The summed E-state index contributed by atoms with van der Waals surface area (Å²) in [6.07, 6.45) is 1.44. The van der Waals surface area contributed by atoms with Gasteiger partial charge < -0.3 is 24.4 Å². The van der Waals surface area contributed by atoms with E-state index in [1.54, 1.807) is 38.3 Å². The first kappa shape index (κ1) is 27.1. The van der Waals surface area contributed by atoms with Crippen molar-refractivity contribution < 1.29 is 32.2 Å². The summed E-state index contributed by atoms with van der Waals surface area (Å²) in [4.78, 5) is 27.3. The summed E-state index contributed by atoms with van der Waals surface area (Å²) in [5.41, 5.74) is 1.25. The van der Waals surface area contributed by atoms with E-state index in [-0.39, 0.29) is 44.5 Å². The molecular formula is C25H33N3O7S. The van der Waals surface area contributed by atoms with Gasteiger partial charge in [-0.3, -0.25) is 13.9 Å². The zero-order valence-corrected chi connectivity index (χ0v) is 21.8. The molecule has 11 heteroatoms. The average Bonchev–Trinajstić information content (AvgIpc) is 3.32. The van der Waals surface area contributed by atoms with Crippen molar-refractivity contribution in [2.24, 2.45) is 0 Å². The molecule has 0 radical (unpaired) electrons. The highest BCUT2D eigenvalue weighted by Crippen LogP contribution is 2.36. The Balaban J connectivity index is 1.73. The molecule has 36 heavy (non-hydrogen) atoms. The molecule has 0 bridgehead atoms. The van der Waals surface area contributed by atoms with E-state index in [2.05, 4.69) is 5.32 Å². The highest BCUT2D eigenvalue weighted by Gasteiger charge is 2.27. The number of carbonyl (C=O) groups is 2. The lowest BCUT2D eigenvalue weighted by Crippen LogP contribution is -2.47. The normalized spacial score (nSPS) is 13.1. The predicted molar refractivity (Wildman–Crippen MR) is 136 cm³/mol. The summed E-state index contributed by atoms with van der Waals surface area (Å²) in [6, 6.07) is 11.5. The SMILES string of the molecule is CCNC(=O)C(C)N(Cc1cccc(OC)c1)C(=O)CCCN(c1ccc2c(c1)OCO2)S(C)(=O)=O. The molecule has 0 aromatic heterocycles. The number of ether oxygens (including phenoxy) is 3. The van der Waals surface area contributed by atoms with Crippen LogP contribution >= 0.6 is 0 Å². The van der Waals surface area contributed by atoms with Gasteiger partial charge in [0.2, 0.25) is 28.6 Å². The monoisotopic (exact) mass is 519 g/mol. The van der Waals surface area contributed by atoms with Gasteiger partial charge in [0.15, 0.2) is 11.5 Å². The molecule has 1 N–H and O–H groups in total. The third-order valence-electron chi connectivity index (χ3n) is 5.80. The van der Waals surface area contributed by atoms with Crippen molar-refractivity contribution in [3.8, 4) is 17.2 Å². The summed E-state index contributed by atoms with van der Waals surface area (Å²) in [6.45, 7) is 4.33. The van der Waals surface area contributed by atoms with Crippen molar-refractivity contribution in [3.05, 3.63) is 48.0 Å². The van der Waals surface area contributed by atoms with Gasteiger partial charge >= 0.3 is 0 Å². The molecule has 1 heterocycles. The number of benzene rings is 2. The van der Waals surface area contributed by atoms with Gasteiger partial charge in [-0.05, 0) is 50.1 Å². The molecule has 0 saturated carbocycles. The lowest BCUT2D eigenvalue weighted by atomic mass is 10.1. The Morgan fingerprint density at radius 3 is 2.58 bits per heavy atom. The lowest BCUT2D eigenvalue weighted by Gasteiger charge is -2.29. The van der Waals surface area contributed by atoms with E-state index >= 15 is 0 Å². The van der Waals surface area contributed by atoms with E-state index in [1.807, 2.05) is 25.1 Å². The Labute approximate surface area is 212 Å². The maximum atomic E-state index is 13.3. The van der Waals surface area contributed by atoms with Crippen LogP contribution in [0.25, 0.3) is 0 Å². The smallest absolute Gasteiger partial charge is 0.242 e. The second-order valence-corrected chi connectivity index (χ2v) is 10.3. The Morgan fingerprint density at radius 2 is 1.89 bits per heavy atom. The molecule has 2 aromatic rings. The van der Waals surface area contributed by atoms with Crippen LogP contribution in [0.1, 0.15) is 32.3 Å². The fourth-order valence-corrected chi connectivity index (χ4v) is 4.87. The minimum Gasteiger partial charge on any atom is -0.497 e. The molecule has 0 spiro atoms. The van der Waals surface area contributed by atoms with Gasteiger partial charge in [-0.2, -0.15) is 0 Å². The highest BCUT2D eigenvalue weighted by molar-refractivity contribution is 7.92. The van der Waals surface area contributed by atoms with Gasteiger partial charge in [-0.15, -0.1) is 0 Å². The third kappa shape index (κ3) is 6.81. The molecule has 0 saturated heterocycles. The summed E-state index contributed by atoms with van der Waals surface area (Å²) in [5.74, 6) is 1.16. The van der Waals surface area contributed by atoms with Gasteiger partial charge in [0, 0.05) is 32.1 Å². The Bertz CT molecular complexity index is 1190. The fourth-order valence-electron chi connectivity index (χ4n) is 3.92. The van der Waals surface area contributed by atoms with Gasteiger partial charge in [0.05, 0.1) is 19.1 Å². The number of anilines is 1. The van der Waals surface area contributed by atoms with E-state index in [9.17, 15) is 18.0 Å². The number of carbonyl (C=O) groups excluding carboxylic acids is 2. The van der Waals surface area contributed by atoms with Crippen LogP contribution in [-0.4, -0.2) is 64.4 Å². The molecule has 0 aliphatic carbocycles. The van der Waals surface area contributed by atoms with Crippen LogP contribution < -0.4 is 23.8 Å². The summed E-state index contributed by atoms with van der Waals surface area (Å²) < 4.78 is 42.2. The molecule has 1 aliphatic heterocycles. The van der Waals surface area contributed by atoms with Gasteiger partial charge in [0.1, 0.15) is 11.8 Å². The maximum absolute atomic E-state index is 13.3. The van der Waals surface area contributed by atoms with E-state index in [4.69, 9.17) is 14.2 Å². The van der Waals surface area contributed by atoms with Gasteiger partial charge in [0.25, 0.3) is 0 Å². The number of rotatable bonds is 12. The minimum atomic E-state index is -3.61. The summed E-state index contributed by atoms with van der Waals surface area (Å²) >= 11 is 0. The second-order valence-electron chi connectivity index (χ2n) is 8.42. The Morgan fingerprint density at radius 1 is 1.14 bits per heavy atom. The molecule has 196 valence electrons. The minimum absolute atomic E-state index is 0.0598. The standard InChI is InChI=1S/C25H33N3O7S/c1-5-26-25(30)18(2)27(16-19-8-6-9-21(14-19)33-3)24(29)10-7-13-28(36(4,31)32)20-11-12-22-23(15-20)35-17-34-22/h6,8-9,11-12,14-15,18H,5,7,10,13,16-17H2,1-4H3,(H,26,30). The first-order valence-electron chi connectivity index (χ1n) is 11.7. The number of hydrogen-bond donors (Lipinski definition) is 1. The summed E-state index contributed by atoms with van der Waals surface area (Å²) in [5, 5.41) is 2.76. The largest absolute Gasteiger partial charge is 0.497 e. The van der Waals surface area contributed by atoms with Crippen molar-refractivity contribution >= 4 is 27.5 Å². The predicted octanol–water partition coefficient (Wildman–Crippen LogP) is 2.52. The topological polar surface area (TPSA) is 114 Å². The van der Waals surface area contributed by atoms with Crippen LogP contribution in [0, 0.1) is 0 Å². The Kier molecular flexibility index (Phi) is 9.03. The number of nitrogens with zero attached hydrogens (tertiary/aromatic N) is 2. The number of likely N-dealkylation sites (N-methyl/N-ethyl adjacent to an activating group) is 1. The Hall–Kier alpha value is -3.47. The van der Waals surface area contributed by atoms with Crippen LogP contribution in [0.15, 0.2) is 42.5 Å². The molecule has 0 fully saturated rings. The number of hydrogen-bond acceptors (Lipinski definition) is 7. The van der Waals surface area contributed by atoms with Crippen molar-refractivity contribution in [3.63, 3.8) is 0 Å². The number of sulfonamides is 1. The number of nitrogens with one attached hydrogen (secondary N) is 1. The molecular weight excluding hydrogens is 486 g/mol. The fraction of sp³-hybridized carbons (Fsp3) is 0.440. The number of amides is 2. The van der Waals surface area contributed by atoms with E-state index in [0.717, 1.165) is 11.8 Å². The quantitative estimate of drug-likeness (QED) is 0.458. The van der Waals surface area contributed by atoms with Gasteiger partial charge in [-0.25, -0.2) is 8.42 Å². The molecule has 3 rings (SSSR count). The zero-order chi connectivity index (χ0) is 26.3. The maximum Gasteiger partial charge on any atom is 0.242 e. The summed E-state index contributed by atoms with van der Waals surface area (Å²) in [7, 11) is -2.05. The molecule has 1 aliphatic rings. The molecule has 2 aromatic carbocycles. The van der Waals surface area contributed by atoms with Crippen molar-refractivity contribution in [2.45, 2.75) is 39.3 Å². The number of fused-ring (bicyclic) bond motifs is 1. The average molecular weight is 520 g/mol. The van der Waals surface area contributed by atoms with E-state index < -0.39 is 16.1 Å². The second kappa shape index (κ2) is 12.0. The highest BCUT2D eigenvalue weighted by atomic mass is 32.2. The molecule has 1 atom stereocenters. The van der Waals surface area contributed by atoms with Crippen LogP contribution in [-0.2, 0) is 26.2 Å². The van der Waals surface area contributed by atoms with Crippen LogP contribution in [0.3, 0.4) is 0 Å². The zero-order valence-electron chi connectivity index (χ0n) is 21.0. The van der Waals surface area contributed by atoms with E-state index in [1.165, 1.54) is 9.21 Å². The lowest BCUT2D eigenvalue weighted by molar-refractivity contribution is -0.140. The van der Waals surface area contributed by atoms with Crippen molar-refractivity contribution in [1.82, 2.24) is 10.2 Å². The first-order valence-corrected chi connectivity index (χ1v) is 13.6. The van der Waals surface area contributed by atoms with Gasteiger partial charge in [-0.1, -0.05) is 12.1 Å². The van der Waals surface area contributed by atoms with Crippen molar-refractivity contribution in [1.29, 1.82) is 0 Å². The van der Waals surface area contributed by atoms with Crippen LogP contribution in [0.5, 0.6) is 17.2 Å². The number of methoxy groups -OCH3 is 1. The van der Waals surface area contributed by atoms with Crippen molar-refractivity contribution in [2.75, 3.05) is 37.6 Å². The molecule has 2 amide bonds. The van der Waals surface area contributed by atoms with E-state index in [0.29, 0.717) is 29.5 Å². The van der Waals surface area contributed by atoms with Crippen LogP contribution in [0.2, 0.25) is 0 Å². The third-order valence-corrected chi connectivity index (χ3v) is 7.00.